The van der Waals surface area contributed by atoms with Crippen molar-refractivity contribution in [3.05, 3.63) is 0 Å². The summed E-state index contributed by atoms with van der Waals surface area (Å²) in [4.78, 5) is 50.0. The standard InChI is InChI=1S/C25H35ClO8/c1-5-31-21(27)20(22(28)32-6-2)16-12-14-18-25(23(29)33-7-3,24(30)34-8-4)17-13-10-9-11-15-19-26/h20H,5-10,13,16-19H2,1-4H3. The predicted molar refractivity (Wildman–Crippen MR) is 126 cm³/mol. The normalized spacial score (nSPS) is 10.3. The lowest BCUT2D eigenvalue weighted by Crippen LogP contribution is -2.42. The summed E-state index contributed by atoms with van der Waals surface area (Å²) in [6, 6.07) is 0. The maximum absolute atomic E-state index is 12.9. The van der Waals surface area contributed by atoms with Crippen LogP contribution in [0.2, 0.25) is 0 Å². The number of unbranched alkanes of at least 4 members (excludes halogenated alkanes) is 2. The minimum atomic E-state index is -1.62. The van der Waals surface area contributed by atoms with Crippen molar-refractivity contribution in [2.24, 2.45) is 11.3 Å². The summed E-state index contributed by atoms with van der Waals surface area (Å²) < 4.78 is 20.2. The van der Waals surface area contributed by atoms with Gasteiger partial charge in [0.1, 0.15) is 0 Å². The van der Waals surface area contributed by atoms with Crippen molar-refractivity contribution < 1.29 is 38.1 Å². The lowest BCUT2D eigenvalue weighted by molar-refractivity contribution is -0.172. The zero-order valence-corrected chi connectivity index (χ0v) is 21.3. The summed E-state index contributed by atoms with van der Waals surface area (Å²) in [7, 11) is 0. The highest BCUT2D eigenvalue weighted by Crippen LogP contribution is 2.33. The topological polar surface area (TPSA) is 105 Å². The van der Waals surface area contributed by atoms with Crippen molar-refractivity contribution in [1.29, 1.82) is 0 Å². The zero-order valence-electron chi connectivity index (χ0n) is 20.5. The van der Waals surface area contributed by atoms with Crippen LogP contribution in [0.3, 0.4) is 0 Å². The molecule has 34 heavy (non-hydrogen) atoms. The van der Waals surface area contributed by atoms with Gasteiger partial charge in [0, 0.05) is 19.3 Å². The van der Waals surface area contributed by atoms with E-state index >= 15 is 0 Å². The molecule has 0 heterocycles. The number of alkyl halides is 1. The van der Waals surface area contributed by atoms with Gasteiger partial charge in [0.05, 0.1) is 32.3 Å². The molecule has 0 saturated carbocycles. The summed E-state index contributed by atoms with van der Waals surface area (Å²) in [5, 5.41) is 0. The average molecular weight is 499 g/mol. The molecular weight excluding hydrogens is 464 g/mol. The van der Waals surface area contributed by atoms with Crippen molar-refractivity contribution in [3.8, 4) is 23.7 Å². The Kier molecular flexibility index (Phi) is 17.2. The van der Waals surface area contributed by atoms with Crippen LogP contribution in [0, 0.1) is 35.0 Å². The Hall–Kier alpha value is -2.71. The van der Waals surface area contributed by atoms with Gasteiger partial charge in [-0.2, -0.15) is 0 Å². The van der Waals surface area contributed by atoms with E-state index in [0.717, 1.165) is 0 Å². The molecule has 0 bridgehead atoms. The van der Waals surface area contributed by atoms with Crippen molar-refractivity contribution in [3.63, 3.8) is 0 Å². The number of halogens is 1. The van der Waals surface area contributed by atoms with Crippen LogP contribution in [0.1, 0.15) is 66.2 Å². The first-order chi connectivity index (χ1) is 16.3. The third kappa shape index (κ3) is 10.9. The fourth-order valence-electron chi connectivity index (χ4n) is 2.97. The van der Waals surface area contributed by atoms with Crippen LogP contribution >= 0.6 is 11.6 Å². The van der Waals surface area contributed by atoms with E-state index in [1.165, 1.54) is 0 Å². The van der Waals surface area contributed by atoms with Crippen LogP contribution in [-0.4, -0.2) is 56.2 Å². The summed E-state index contributed by atoms with van der Waals surface area (Å²) in [5.74, 6) is 7.27. The number of hydrogen-bond acceptors (Lipinski definition) is 8. The molecule has 0 amide bonds. The molecule has 0 aromatic carbocycles. The monoisotopic (exact) mass is 498 g/mol. The van der Waals surface area contributed by atoms with Crippen molar-refractivity contribution in [2.45, 2.75) is 66.2 Å². The molecule has 0 spiro atoms. The number of carbonyl (C=O) groups is 4. The van der Waals surface area contributed by atoms with Gasteiger partial charge in [-0.3, -0.25) is 19.2 Å². The molecule has 0 atom stereocenters. The first-order valence-corrected chi connectivity index (χ1v) is 12.0. The Labute approximate surface area is 207 Å². The fraction of sp³-hybridized carbons (Fsp3) is 0.680. The van der Waals surface area contributed by atoms with Crippen LogP contribution in [0.5, 0.6) is 0 Å². The lowest BCUT2D eigenvalue weighted by Gasteiger charge is -2.27. The van der Waals surface area contributed by atoms with Crippen LogP contribution in [0.15, 0.2) is 0 Å². The van der Waals surface area contributed by atoms with Gasteiger partial charge >= 0.3 is 23.9 Å². The quantitative estimate of drug-likeness (QED) is 0.0895. The number of hydrogen-bond donors (Lipinski definition) is 0. The molecule has 0 fully saturated rings. The second-order valence-electron chi connectivity index (χ2n) is 7.01. The molecular formula is C25H35ClO8. The van der Waals surface area contributed by atoms with E-state index < -0.39 is 35.2 Å². The summed E-state index contributed by atoms with van der Waals surface area (Å²) in [5.41, 5.74) is -1.62. The maximum Gasteiger partial charge on any atom is 0.324 e. The third-order valence-electron chi connectivity index (χ3n) is 4.64. The highest BCUT2D eigenvalue weighted by atomic mass is 35.5. The lowest BCUT2D eigenvalue weighted by atomic mass is 9.79. The molecule has 0 aromatic heterocycles. The van der Waals surface area contributed by atoms with Gasteiger partial charge in [0.25, 0.3) is 0 Å². The van der Waals surface area contributed by atoms with Crippen molar-refractivity contribution in [1.82, 2.24) is 0 Å². The third-order valence-corrected chi connectivity index (χ3v) is 4.78. The van der Waals surface area contributed by atoms with E-state index in [2.05, 4.69) is 23.7 Å². The zero-order chi connectivity index (χ0) is 25.8. The second kappa shape index (κ2) is 18.7. The molecule has 190 valence electrons. The van der Waals surface area contributed by atoms with E-state index in [1.54, 1.807) is 27.7 Å². The molecule has 9 heteroatoms. The molecule has 0 rings (SSSR count). The van der Waals surface area contributed by atoms with Gasteiger partial charge < -0.3 is 18.9 Å². The van der Waals surface area contributed by atoms with E-state index in [4.69, 9.17) is 30.5 Å². The Balaban J connectivity index is 5.73. The Morgan fingerprint density at radius 3 is 1.74 bits per heavy atom. The Morgan fingerprint density at radius 1 is 0.735 bits per heavy atom. The SMILES string of the molecule is CCOC(=O)C(CC#CCC(CCCCC#CCCl)(C(=O)OCC)C(=O)OCC)C(=O)OCC. The van der Waals surface area contributed by atoms with E-state index in [-0.39, 0.29) is 51.6 Å². The Morgan fingerprint density at radius 2 is 1.26 bits per heavy atom. The molecule has 8 nitrogen and oxygen atoms in total. The number of ether oxygens (including phenoxy) is 4. The number of carbonyl (C=O) groups excluding carboxylic acids is 4. The summed E-state index contributed by atoms with van der Waals surface area (Å²) >= 11 is 5.54. The largest absolute Gasteiger partial charge is 0.465 e. The van der Waals surface area contributed by atoms with Gasteiger partial charge in [0.2, 0.25) is 0 Å². The van der Waals surface area contributed by atoms with Crippen LogP contribution < -0.4 is 0 Å². The van der Waals surface area contributed by atoms with Gasteiger partial charge in [-0.25, -0.2) is 0 Å². The smallest absolute Gasteiger partial charge is 0.324 e. The molecule has 0 saturated heterocycles. The first kappa shape index (κ1) is 31.3. The highest BCUT2D eigenvalue weighted by molar-refractivity contribution is 6.19. The van der Waals surface area contributed by atoms with E-state index in [0.29, 0.717) is 19.3 Å². The van der Waals surface area contributed by atoms with Crippen molar-refractivity contribution >= 4 is 35.5 Å². The summed E-state index contributed by atoms with van der Waals surface area (Å²) in [6.45, 7) is 6.92. The molecule has 0 aromatic rings. The van der Waals surface area contributed by atoms with Gasteiger partial charge in [-0.05, 0) is 40.5 Å². The molecule has 0 aliphatic rings. The van der Waals surface area contributed by atoms with Gasteiger partial charge in [-0.15, -0.1) is 29.4 Å². The van der Waals surface area contributed by atoms with Crippen LogP contribution in [0.25, 0.3) is 0 Å². The van der Waals surface area contributed by atoms with E-state index in [9.17, 15) is 19.2 Å². The number of rotatable bonds is 14. The highest BCUT2D eigenvalue weighted by Gasteiger charge is 2.47. The summed E-state index contributed by atoms with van der Waals surface area (Å²) in [6.07, 6.45) is 1.52. The van der Waals surface area contributed by atoms with Crippen LogP contribution in [-0.2, 0) is 38.1 Å². The second-order valence-corrected chi connectivity index (χ2v) is 7.28. The molecule has 0 aliphatic carbocycles. The van der Waals surface area contributed by atoms with Crippen molar-refractivity contribution in [2.75, 3.05) is 32.3 Å². The molecule has 0 N–H and O–H groups in total. The van der Waals surface area contributed by atoms with Gasteiger partial charge in [0.15, 0.2) is 11.3 Å². The molecule has 0 unspecified atom stereocenters. The average Bonchev–Trinajstić information content (AvgIpc) is 2.80. The molecule has 0 radical (unpaired) electrons. The number of esters is 4. The fourth-order valence-corrected chi connectivity index (χ4v) is 3.07. The predicted octanol–water partition coefficient (Wildman–Crippen LogP) is 3.43. The maximum atomic E-state index is 12.9. The first-order valence-electron chi connectivity index (χ1n) is 11.5. The Bertz CT molecular complexity index is 748. The van der Waals surface area contributed by atoms with Crippen LogP contribution in [0.4, 0.5) is 0 Å². The minimum absolute atomic E-state index is 0.0857. The minimum Gasteiger partial charge on any atom is -0.465 e. The van der Waals surface area contributed by atoms with Gasteiger partial charge in [-0.1, -0.05) is 12.3 Å². The molecule has 0 aliphatic heterocycles. The van der Waals surface area contributed by atoms with E-state index in [1.807, 2.05) is 0 Å².